The number of nitrogens with one attached hydrogen (secondary N) is 1. The molecule has 1 N–H and O–H groups in total. The van der Waals surface area contributed by atoms with Gasteiger partial charge in [0.2, 0.25) is 0 Å². The average Bonchev–Trinajstić information content (AvgIpc) is 2.51. The van der Waals surface area contributed by atoms with Gasteiger partial charge in [-0.25, -0.2) is 4.39 Å². The topological polar surface area (TPSA) is 15.3 Å². The molecule has 0 radical (unpaired) electrons. The molecule has 0 saturated carbocycles. The van der Waals surface area contributed by atoms with Crippen molar-refractivity contribution in [1.82, 2.24) is 10.2 Å². The summed E-state index contributed by atoms with van der Waals surface area (Å²) in [5.74, 6) is -0.814. The van der Waals surface area contributed by atoms with Gasteiger partial charge in [-0.05, 0) is 30.2 Å². The van der Waals surface area contributed by atoms with Crippen molar-refractivity contribution >= 4 is 0 Å². The minimum atomic E-state index is -4.52. The number of halogens is 4. The molecule has 0 unspecified atom stereocenters. The highest BCUT2D eigenvalue weighted by molar-refractivity contribution is 5.29. The molecule has 1 fully saturated rings. The first kappa shape index (κ1) is 18.2. The monoisotopic (exact) mass is 332 g/mol. The SMILES string of the molecule is CCCCC[C@@H](c1cc(F)cc(C(F)(F)F)c1)N1CCNCC1. The zero-order chi connectivity index (χ0) is 16.9. The Hall–Kier alpha value is -1.14. The molecule has 1 saturated heterocycles. The largest absolute Gasteiger partial charge is 0.416 e. The van der Waals surface area contributed by atoms with Gasteiger partial charge in [0.15, 0.2) is 0 Å². The third kappa shape index (κ3) is 5.18. The smallest absolute Gasteiger partial charge is 0.314 e. The predicted molar refractivity (Wildman–Crippen MR) is 82.7 cm³/mol. The van der Waals surface area contributed by atoms with Gasteiger partial charge < -0.3 is 5.32 Å². The third-order valence-corrected chi connectivity index (χ3v) is 4.31. The molecule has 23 heavy (non-hydrogen) atoms. The van der Waals surface area contributed by atoms with Crippen LogP contribution in [0, 0.1) is 5.82 Å². The summed E-state index contributed by atoms with van der Waals surface area (Å²) < 4.78 is 52.7. The number of piperazine rings is 1. The molecular weight excluding hydrogens is 308 g/mol. The molecular formula is C17H24F4N2. The molecule has 0 bridgehead atoms. The van der Waals surface area contributed by atoms with Gasteiger partial charge in [-0.2, -0.15) is 13.2 Å². The van der Waals surface area contributed by atoms with Crippen molar-refractivity contribution in [1.29, 1.82) is 0 Å². The number of rotatable bonds is 6. The lowest BCUT2D eigenvalue weighted by molar-refractivity contribution is -0.137. The van der Waals surface area contributed by atoms with E-state index in [4.69, 9.17) is 0 Å². The zero-order valence-corrected chi connectivity index (χ0v) is 13.4. The van der Waals surface area contributed by atoms with Crippen LogP contribution in [-0.2, 0) is 6.18 Å². The van der Waals surface area contributed by atoms with Crippen molar-refractivity contribution < 1.29 is 17.6 Å². The van der Waals surface area contributed by atoms with Crippen molar-refractivity contribution in [3.63, 3.8) is 0 Å². The zero-order valence-electron chi connectivity index (χ0n) is 13.4. The maximum absolute atomic E-state index is 13.7. The van der Waals surface area contributed by atoms with Gasteiger partial charge in [-0.1, -0.05) is 26.2 Å². The Balaban J connectivity index is 2.27. The Labute approximate surface area is 134 Å². The molecule has 6 heteroatoms. The number of hydrogen-bond acceptors (Lipinski definition) is 2. The standard InChI is InChI=1S/C17H24F4N2/c1-2-3-4-5-16(23-8-6-22-7-9-23)13-10-14(17(19,20)21)12-15(18)11-13/h10-12,16,22H,2-9H2,1H3/t16-/m0/s1. The normalized spacial score (nSPS) is 18.1. The summed E-state index contributed by atoms with van der Waals surface area (Å²) >= 11 is 0. The van der Waals surface area contributed by atoms with E-state index in [1.807, 2.05) is 0 Å². The minimum Gasteiger partial charge on any atom is -0.314 e. The highest BCUT2D eigenvalue weighted by Gasteiger charge is 2.33. The summed E-state index contributed by atoms with van der Waals surface area (Å²) in [5, 5.41) is 3.24. The second-order valence-corrected chi connectivity index (χ2v) is 6.07. The van der Waals surface area contributed by atoms with Crippen LogP contribution >= 0.6 is 0 Å². The minimum absolute atomic E-state index is 0.152. The van der Waals surface area contributed by atoms with Crippen molar-refractivity contribution in [2.45, 2.75) is 44.8 Å². The van der Waals surface area contributed by atoms with Crippen LogP contribution in [0.5, 0.6) is 0 Å². The van der Waals surface area contributed by atoms with E-state index in [9.17, 15) is 17.6 Å². The van der Waals surface area contributed by atoms with Crippen LogP contribution in [0.15, 0.2) is 18.2 Å². The van der Waals surface area contributed by atoms with Crippen LogP contribution in [0.3, 0.4) is 0 Å². The van der Waals surface area contributed by atoms with Gasteiger partial charge in [0.1, 0.15) is 5.82 Å². The van der Waals surface area contributed by atoms with E-state index < -0.39 is 17.6 Å². The fourth-order valence-corrected chi connectivity index (χ4v) is 3.11. The fourth-order valence-electron chi connectivity index (χ4n) is 3.11. The van der Waals surface area contributed by atoms with Gasteiger partial charge in [-0.3, -0.25) is 4.90 Å². The Bertz CT molecular complexity index is 496. The van der Waals surface area contributed by atoms with E-state index >= 15 is 0 Å². The molecule has 2 nitrogen and oxygen atoms in total. The third-order valence-electron chi connectivity index (χ3n) is 4.31. The lowest BCUT2D eigenvalue weighted by atomic mass is 9.96. The predicted octanol–water partition coefficient (Wildman–Crippen LogP) is 4.37. The first-order valence-electron chi connectivity index (χ1n) is 8.24. The van der Waals surface area contributed by atoms with E-state index in [1.54, 1.807) is 0 Å². The molecule has 0 aromatic heterocycles. The van der Waals surface area contributed by atoms with Crippen molar-refractivity contribution in [2.75, 3.05) is 26.2 Å². The van der Waals surface area contributed by atoms with Crippen LogP contribution in [0.2, 0.25) is 0 Å². The maximum atomic E-state index is 13.7. The summed E-state index contributed by atoms with van der Waals surface area (Å²) in [7, 11) is 0. The summed E-state index contributed by atoms with van der Waals surface area (Å²) in [6, 6.07) is 2.79. The number of nitrogens with zero attached hydrogens (tertiary/aromatic N) is 1. The van der Waals surface area contributed by atoms with Gasteiger partial charge in [0.25, 0.3) is 0 Å². The summed E-state index contributed by atoms with van der Waals surface area (Å²) in [6.45, 7) is 5.25. The van der Waals surface area contributed by atoms with Gasteiger partial charge in [0, 0.05) is 32.2 Å². The number of alkyl halides is 3. The Kier molecular flexibility index (Phi) is 6.41. The lowest BCUT2D eigenvalue weighted by Gasteiger charge is -2.35. The first-order valence-corrected chi connectivity index (χ1v) is 8.24. The van der Waals surface area contributed by atoms with Crippen LogP contribution in [-0.4, -0.2) is 31.1 Å². The van der Waals surface area contributed by atoms with Gasteiger partial charge >= 0.3 is 6.18 Å². The fraction of sp³-hybridized carbons (Fsp3) is 0.647. The molecule has 1 aliphatic rings. The average molecular weight is 332 g/mol. The second-order valence-electron chi connectivity index (χ2n) is 6.07. The molecule has 0 aliphatic carbocycles. The molecule has 0 spiro atoms. The molecule has 2 rings (SSSR count). The van der Waals surface area contributed by atoms with Crippen molar-refractivity contribution in [3.8, 4) is 0 Å². The van der Waals surface area contributed by atoms with Crippen LogP contribution in [0.25, 0.3) is 0 Å². The van der Waals surface area contributed by atoms with Gasteiger partial charge in [-0.15, -0.1) is 0 Å². The van der Waals surface area contributed by atoms with E-state index in [0.29, 0.717) is 11.6 Å². The Morgan fingerprint density at radius 2 is 1.83 bits per heavy atom. The van der Waals surface area contributed by atoms with Crippen molar-refractivity contribution in [2.24, 2.45) is 0 Å². The lowest BCUT2D eigenvalue weighted by Crippen LogP contribution is -2.45. The van der Waals surface area contributed by atoms with E-state index in [0.717, 1.165) is 57.9 Å². The second kappa shape index (κ2) is 8.11. The number of hydrogen-bond donors (Lipinski definition) is 1. The first-order chi connectivity index (χ1) is 10.9. The van der Waals surface area contributed by atoms with E-state index in [1.165, 1.54) is 6.07 Å². The highest BCUT2D eigenvalue weighted by Crippen LogP contribution is 2.34. The molecule has 130 valence electrons. The van der Waals surface area contributed by atoms with Crippen LogP contribution in [0.1, 0.15) is 49.8 Å². The molecule has 1 aromatic rings. The molecule has 1 aliphatic heterocycles. The summed E-state index contributed by atoms with van der Waals surface area (Å²) in [4.78, 5) is 2.17. The molecule has 0 amide bonds. The molecule has 1 aromatic carbocycles. The Morgan fingerprint density at radius 3 is 2.43 bits per heavy atom. The summed E-state index contributed by atoms with van der Waals surface area (Å²) in [6.07, 6.45) is -0.749. The molecule has 1 atom stereocenters. The van der Waals surface area contributed by atoms with Crippen molar-refractivity contribution in [3.05, 3.63) is 35.1 Å². The number of unbranched alkanes of at least 4 members (excludes halogenated alkanes) is 2. The quantitative estimate of drug-likeness (QED) is 0.615. The van der Waals surface area contributed by atoms with Gasteiger partial charge in [0.05, 0.1) is 5.56 Å². The Morgan fingerprint density at radius 1 is 1.13 bits per heavy atom. The van der Waals surface area contributed by atoms with E-state index in [2.05, 4.69) is 17.1 Å². The highest BCUT2D eigenvalue weighted by atomic mass is 19.4. The van der Waals surface area contributed by atoms with E-state index in [-0.39, 0.29) is 6.04 Å². The maximum Gasteiger partial charge on any atom is 0.416 e. The summed E-state index contributed by atoms with van der Waals surface area (Å²) in [5.41, 5.74) is -0.460. The van der Waals surface area contributed by atoms with Crippen LogP contribution < -0.4 is 5.32 Å². The van der Waals surface area contributed by atoms with Crippen LogP contribution in [0.4, 0.5) is 17.6 Å². The molecule has 1 heterocycles. The number of benzene rings is 1.